The van der Waals surface area contributed by atoms with E-state index in [-0.39, 0.29) is 24.0 Å². The minimum Gasteiger partial charge on any atom is -0.336 e. The first-order valence-corrected chi connectivity index (χ1v) is 7.06. The predicted octanol–water partition coefficient (Wildman–Crippen LogP) is 2.21. The summed E-state index contributed by atoms with van der Waals surface area (Å²) in [7, 11) is 1.89. The van der Waals surface area contributed by atoms with Gasteiger partial charge in [0, 0.05) is 25.2 Å². The maximum atomic E-state index is 12.3. The van der Waals surface area contributed by atoms with E-state index in [2.05, 4.69) is 5.32 Å². The van der Waals surface area contributed by atoms with Crippen LogP contribution in [0.2, 0.25) is 0 Å². The average Bonchev–Trinajstić information content (AvgIpc) is 2.80. The number of likely N-dealkylation sites (N-methyl/N-ethyl adjacent to an activating group) is 1. The Morgan fingerprint density at radius 3 is 2.85 bits per heavy atom. The molecular weight excluding hydrogens is 302 g/mol. The van der Waals surface area contributed by atoms with Crippen molar-refractivity contribution < 1.29 is 9.72 Å². The SMILES string of the molecule is CNC1CCCN(C(=O)c2cc([N+](=O)[O-])c(C)s2)C1.Cl. The number of nitrogens with zero attached hydrogens (tertiary/aromatic N) is 2. The number of hydrogen-bond acceptors (Lipinski definition) is 5. The molecule has 1 N–H and O–H groups in total. The van der Waals surface area contributed by atoms with Gasteiger partial charge in [0.05, 0.1) is 14.7 Å². The number of carbonyl (C=O) groups excluding carboxylic acids is 1. The van der Waals surface area contributed by atoms with E-state index < -0.39 is 4.92 Å². The minimum atomic E-state index is -0.435. The number of aryl methyl sites for hydroxylation is 1. The molecule has 8 heteroatoms. The summed E-state index contributed by atoms with van der Waals surface area (Å²) in [5.74, 6) is -0.0962. The van der Waals surface area contributed by atoms with Crippen LogP contribution in [0, 0.1) is 17.0 Å². The highest BCUT2D eigenvalue weighted by Gasteiger charge is 2.27. The van der Waals surface area contributed by atoms with Crippen molar-refractivity contribution in [2.24, 2.45) is 0 Å². The number of hydrogen-bond donors (Lipinski definition) is 1. The molecule has 1 atom stereocenters. The zero-order valence-electron chi connectivity index (χ0n) is 11.4. The number of thiophene rings is 1. The van der Waals surface area contributed by atoms with E-state index in [0.717, 1.165) is 19.4 Å². The molecule has 0 aromatic carbocycles. The van der Waals surface area contributed by atoms with Gasteiger partial charge >= 0.3 is 0 Å². The molecule has 1 aliphatic heterocycles. The first-order valence-electron chi connectivity index (χ1n) is 6.24. The fraction of sp³-hybridized carbons (Fsp3) is 0.583. The molecule has 0 radical (unpaired) electrons. The number of carbonyl (C=O) groups is 1. The second-order valence-corrected chi connectivity index (χ2v) is 5.94. The first kappa shape index (κ1) is 16.9. The van der Waals surface area contributed by atoms with Gasteiger partial charge in [0.2, 0.25) is 0 Å². The van der Waals surface area contributed by atoms with Gasteiger partial charge in [-0.05, 0) is 26.8 Å². The third-order valence-corrected chi connectivity index (χ3v) is 4.44. The Morgan fingerprint density at radius 2 is 2.30 bits per heavy atom. The molecule has 1 aromatic heterocycles. The molecule has 1 aliphatic rings. The van der Waals surface area contributed by atoms with Gasteiger partial charge in [0.15, 0.2) is 0 Å². The number of piperidine rings is 1. The van der Waals surface area contributed by atoms with Crippen molar-refractivity contribution in [3.05, 3.63) is 25.9 Å². The van der Waals surface area contributed by atoms with Crippen LogP contribution in [0.4, 0.5) is 5.69 Å². The molecule has 0 saturated carbocycles. The zero-order chi connectivity index (χ0) is 14.0. The second-order valence-electron chi connectivity index (χ2n) is 4.69. The fourth-order valence-electron chi connectivity index (χ4n) is 2.31. The quantitative estimate of drug-likeness (QED) is 0.684. The average molecular weight is 320 g/mol. The normalized spacial score (nSPS) is 18.5. The minimum absolute atomic E-state index is 0. The van der Waals surface area contributed by atoms with Crippen LogP contribution in [0.3, 0.4) is 0 Å². The third-order valence-electron chi connectivity index (χ3n) is 3.42. The highest BCUT2D eigenvalue weighted by Crippen LogP contribution is 2.29. The van der Waals surface area contributed by atoms with E-state index >= 15 is 0 Å². The summed E-state index contributed by atoms with van der Waals surface area (Å²) in [5.41, 5.74) is 0.0375. The molecule has 1 saturated heterocycles. The van der Waals surface area contributed by atoms with Gasteiger partial charge in [-0.15, -0.1) is 23.7 Å². The van der Waals surface area contributed by atoms with Crippen LogP contribution in [0.1, 0.15) is 27.4 Å². The van der Waals surface area contributed by atoms with Crippen molar-refractivity contribution >= 4 is 35.3 Å². The number of nitrogens with one attached hydrogen (secondary N) is 1. The maximum Gasteiger partial charge on any atom is 0.283 e. The Bertz CT molecular complexity index is 506. The summed E-state index contributed by atoms with van der Waals surface area (Å²) >= 11 is 1.20. The summed E-state index contributed by atoms with van der Waals surface area (Å²) in [6, 6.07) is 1.71. The number of nitro groups is 1. The summed E-state index contributed by atoms with van der Waals surface area (Å²) in [6.07, 6.45) is 2.02. The third kappa shape index (κ3) is 3.47. The van der Waals surface area contributed by atoms with Crippen molar-refractivity contribution in [3.63, 3.8) is 0 Å². The Labute approximate surface area is 127 Å². The lowest BCUT2D eigenvalue weighted by Gasteiger charge is -2.32. The Hall–Kier alpha value is -1.18. The second kappa shape index (κ2) is 7.01. The lowest BCUT2D eigenvalue weighted by atomic mass is 10.1. The van der Waals surface area contributed by atoms with E-state index in [1.54, 1.807) is 11.8 Å². The Morgan fingerprint density at radius 1 is 1.60 bits per heavy atom. The standard InChI is InChI=1S/C12H17N3O3S.ClH/c1-8-10(15(17)18)6-11(19-8)12(16)14-5-3-4-9(7-14)13-2;/h6,9,13H,3-5,7H2,1-2H3;1H. The fourth-order valence-corrected chi connectivity index (χ4v) is 3.27. The zero-order valence-corrected chi connectivity index (χ0v) is 13.1. The van der Waals surface area contributed by atoms with Crippen molar-refractivity contribution in [3.8, 4) is 0 Å². The summed E-state index contributed by atoms with van der Waals surface area (Å²) in [6.45, 7) is 3.06. The van der Waals surface area contributed by atoms with Gasteiger partial charge < -0.3 is 10.2 Å². The number of halogens is 1. The van der Waals surface area contributed by atoms with Gasteiger partial charge in [0.25, 0.3) is 11.6 Å². The summed E-state index contributed by atoms with van der Waals surface area (Å²) in [5, 5.41) is 14.0. The van der Waals surface area contributed by atoms with Crippen LogP contribution in [0.5, 0.6) is 0 Å². The molecule has 0 spiro atoms. The van der Waals surface area contributed by atoms with E-state index in [1.165, 1.54) is 17.4 Å². The number of rotatable bonds is 3. The molecule has 1 unspecified atom stereocenters. The van der Waals surface area contributed by atoms with Crippen molar-refractivity contribution in [2.45, 2.75) is 25.8 Å². The predicted molar refractivity (Wildman–Crippen MR) is 80.9 cm³/mol. The van der Waals surface area contributed by atoms with E-state index in [0.29, 0.717) is 22.3 Å². The van der Waals surface area contributed by atoms with Gasteiger partial charge in [-0.2, -0.15) is 0 Å². The van der Waals surface area contributed by atoms with Gasteiger partial charge in [-0.3, -0.25) is 14.9 Å². The largest absolute Gasteiger partial charge is 0.336 e. The molecule has 1 fully saturated rings. The van der Waals surface area contributed by atoms with Crippen molar-refractivity contribution in [1.82, 2.24) is 10.2 Å². The molecule has 0 bridgehead atoms. The van der Waals surface area contributed by atoms with Gasteiger partial charge in [0.1, 0.15) is 0 Å². The smallest absolute Gasteiger partial charge is 0.283 e. The highest BCUT2D eigenvalue weighted by atomic mass is 35.5. The van der Waals surface area contributed by atoms with Crippen LogP contribution in [-0.2, 0) is 0 Å². The molecule has 1 amide bonds. The monoisotopic (exact) mass is 319 g/mol. The van der Waals surface area contributed by atoms with Crippen LogP contribution in [0.25, 0.3) is 0 Å². The van der Waals surface area contributed by atoms with Crippen LogP contribution in [0.15, 0.2) is 6.07 Å². The van der Waals surface area contributed by atoms with Crippen LogP contribution >= 0.6 is 23.7 Å². The molecule has 2 heterocycles. The van der Waals surface area contributed by atoms with Crippen LogP contribution in [-0.4, -0.2) is 41.9 Å². The lowest BCUT2D eigenvalue weighted by molar-refractivity contribution is -0.385. The van der Waals surface area contributed by atoms with Crippen molar-refractivity contribution in [1.29, 1.82) is 0 Å². The number of likely N-dealkylation sites (tertiary alicyclic amines) is 1. The maximum absolute atomic E-state index is 12.3. The molecule has 20 heavy (non-hydrogen) atoms. The molecular formula is C12H18ClN3O3S. The molecule has 2 rings (SSSR count). The lowest BCUT2D eigenvalue weighted by Crippen LogP contribution is -2.46. The first-order chi connectivity index (χ1) is 9.02. The van der Waals surface area contributed by atoms with Crippen LogP contribution < -0.4 is 5.32 Å². The van der Waals surface area contributed by atoms with E-state index in [9.17, 15) is 14.9 Å². The molecule has 112 valence electrons. The topological polar surface area (TPSA) is 75.5 Å². The van der Waals surface area contributed by atoms with Gasteiger partial charge in [-0.25, -0.2) is 0 Å². The van der Waals surface area contributed by atoms with Gasteiger partial charge in [-0.1, -0.05) is 0 Å². The molecule has 6 nitrogen and oxygen atoms in total. The van der Waals surface area contributed by atoms with E-state index in [1.807, 2.05) is 7.05 Å². The van der Waals surface area contributed by atoms with E-state index in [4.69, 9.17) is 0 Å². The number of amides is 1. The Balaban J connectivity index is 0.00000200. The Kier molecular flexibility index (Phi) is 5.91. The molecule has 1 aromatic rings. The molecule has 0 aliphatic carbocycles. The van der Waals surface area contributed by atoms with Crippen molar-refractivity contribution in [2.75, 3.05) is 20.1 Å². The summed E-state index contributed by atoms with van der Waals surface area (Å²) in [4.78, 5) is 25.5. The highest BCUT2D eigenvalue weighted by molar-refractivity contribution is 7.14. The summed E-state index contributed by atoms with van der Waals surface area (Å²) < 4.78 is 0.